The van der Waals surface area contributed by atoms with Gasteiger partial charge in [0.15, 0.2) is 0 Å². The molecular formula is C12H20O4. The van der Waals surface area contributed by atoms with Crippen LogP contribution in [-0.2, 0) is 19.1 Å². The third kappa shape index (κ3) is 7.15. The third-order valence-electron chi connectivity index (χ3n) is 2.10. The minimum Gasteiger partial charge on any atom is -0.460 e. The van der Waals surface area contributed by atoms with Crippen LogP contribution in [0, 0.1) is 5.92 Å². The molecule has 0 aliphatic rings. The Hall–Kier alpha value is -1.19. The molecule has 0 spiro atoms. The van der Waals surface area contributed by atoms with Gasteiger partial charge in [-0.25, -0.2) is 4.79 Å². The first-order chi connectivity index (χ1) is 7.47. The summed E-state index contributed by atoms with van der Waals surface area (Å²) in [6.45, 7) is 5.93. The van der Waals surface area contributed by atoms with Crippen LogP contribution in [0.3, 0.4) is 0 Å². The van der Waals surface area contributed by atoms with Crippen molar-refractivity contribution in [2.45, 2.75) is 46.5 Å². The number of ketones is 2. The normalized spacial score (nSPS) is 10.2. The molecule has 0 N–H and O–H groups in total. The van der Waals surface area contributed by atoms with Crippen molar-refractivity contribution >= 4 is 17.5 Å². The van der Waals surface area contributed by atoms with Crippen molar-refractivity contribution in [3.8, 4) is 0 Å². The highest BCUT2D eigenvalue weighted by molar-refractivity contribution is 6.37. The molecular weight excluding hydrogens is 208 g/mol. The van der Waals surface area contributed by atoms with Gasteiger partial charge in [0, 0.05) is 6.42 Å². The first-order valence-electron chi connectivity index (χ1n) is 5.69. The average Bonchev–Trinajstić information content (AvgIpc) is 2.17. The maximum absolute atomic E-state index is 11.3. The molecule has 16 heavy (non-hydrogen) atoms. The molecule has 0 aromatic heterocycles. The molecule has 4 heteroatoms. The van der Waals surface area contributed by atoms with E-state index >= 15 is 0 Å². The van der Waals surface area contributed by atoms with Crippen LogP contribution in [0.1, 0.15) is 46.5 Å². The molecule has 0 unspecified atom stereocenters. The molecule has 0 atom stereocenters. The van der Waals surface area contributed by atoms with Gasteiger partial charge in [0.1, 0.15) is 5.78 Å². The first-order valence-corrected chi connectivity index (χ1v) is 5.69. The van der Waals surface area contributed by atoms with Gasteiger partial charge in [0.25, 0.3) is 0 Å². The SMILES string of the molecule is CCOC(=O)C(=O)CC(=O)CCCC(C)C. The van der Waals surface area contributed by atoms with Crippen molar-refractivity contribution in [2.24, 2.45) is 5.92 Å². The van der Waals surface area contributed by atoms with Crippen molar-refractivity contribution in [1.29, 1.82) is 0 Å². The average molecular weight is 228 g/mol. The number of carbonyl (C=O) groups excluding carboxylic acids is 3. The van der Waals surface area contributed by atoms with Gasteiger partial charge in [0.2, 0.25) is 5.78 Å². The summed E-state index contributed by atoms with van der Waals surface area (Å²) in [5.74, 6) is -1.27. The molecule has 0 aliphatic heterocycles. The summed E-state index contributed by atoms with van der Waals surface area (Å²) in [7, 11) is 0. The lowest BCUT2D eigenvalue weighted by molar-refractivity contribution is -0.154. The quantitative estimate of drug-likeness (QED) is 0.361. The monoisotopic (exact) mass is 228 g/mol. The van der Waals surface area contributed by atoms with E-state index in [0.717, 1.165) is 12.8 Å². The predicted molar refractivity (Wildman–Crippen MR) is 60.0 cm³/mol. The fraction of sp³-hybridized carbons (Fsp3) is 0.750. The Morgan fingerprint density at radius 2 is 1.81 bits per heavy atom. The van der Waals surface area contributed by atoms with Crippen molar-refractivity contribution in [3.05, 3.63) is 0 Å². The van der Waals surface area contributed by atoms with Crippen molar-refractivity contribution < 1.29 is 19.1 Å². The summed E-state index contributed by atoms with van der Waals surface area (Å²) in [5, 5.41) is 0. The van der Waals surface area contributed by atoms with Crippen molar-refractivity contribution in [1.82, 2.24) is 0 Å². The van der Waals surface area contributed by atoms with E-state index in [-0.39, 0.29) is 18.8 Å². The number of hydrogen-bond donors (Lipinski definition) is 0. The fourth-order valence-corrected chi connectivity index (χ4v) is 1.26. The molecule has 0 heterocycles. The summed E-state index contributed by atoms with van der Waals surface area (Å²) in [6, 6.07) is 0. The molecule has 0 radical (unpaired) electrons. The zero-order valence-corrected chi connectivity index (χ0v) is 10.2. The maximum atomic E-state index is 11.3. The molecule has 0 bridgehead atoms. The standard InChI is InChI=1S/C12H20O4/c1-4-16-12(15)11(14)8-10(13)7-5-6-9(2)3/h9H,4-8H2,1-3H3. The second-order valence-corrected chi connectivity index (χ2v) is 4.15. The molecule has 0 saturated heterocycles. The second-order valence-electron chi connectivity index (χ2n) is 4.15. The Labute approximate surface area is 96.4 Å². The molecule has 92 valence electrons. The van der Waals surface area contributed by atoms with Crippen LogP contribution in [0.4, 0.5) is 0 Å². The highest BCUT2D eigenvalue weighted by Gasteiger charge is 2.18. The van der Waals surface area contributed by atoms with Crippen molar-refractivity contribution in [3.63, 3.8) is 0 Å². The van der Waals surface area contributed by atoms with Crippen molar-refractivity contribution in [2.75, 3.05) is 6.61 Å². The highest BCUT2D eigenvalue weighted by Crippen LogP contribution is 2.07. The molecule has 0 rings (SSSR count). The molecule has 0 aromatic rings. The van der Waals surface area contributed by atoms with Crippen LogP contribution >= 0.6 is 0 Å². The number of hydrogen-bond acceptors (Lipinski definition) is 4. The predicted octanol–water partition coefficient (Wildman–Crippen LogP) is 1.90. The second kappa shape index (κ2) is 8.02. The zero-order chi connectivity index (χ0) is 12.6. The van der Waals surface area contributed by atoms with E-state index in [1.54, 1.807) is 6.92 Å². The first kappa shape index (κ1) is 14.8. The molecule has 0 fully saturated rings. The Morgan fingerprint density at radius 1 is 1.19 bits per heavy atom. The third-order valence-corrected chi connectivity index (χ3v) is 2.10. The van der Waals surface area contributed by atoms with E-state index < -0.39 is 11.8 Å². The van der Waals surface area contributed by atoms with Gasteiger partial charge in [-0.3, -0.25) is 9.59 Å². The van der Waals surface area contributed by atoms with Gasteiger partial charge < -0.3 is 4.74 Å². The summed E-state index contributed by atoms with van der Waals surface area (Å²) >= 11 is 0. The molecule has 0 saturated carbocycles. The van der Waals surface area contributed by atoms with Crippen LogP contribution in [0.15, 0.2) is 0 Å². The summed E-state index contributed by atoms with van der Waals surface area (Å²) in [6.07, 6.45) is 1.77. The Morgan fingerprint density at radius 3 is 2.31 bits per heavy atom. The Kier molecular flexibility index (Phi) is 7.42. The van der Waals surface area contributed by atoms with Gasteiger partial charge in [0.05, 0.1) is 13.0 Å². The van der Waals surface area contributed by atoms with Crippen LogP contribution in [-0.4, -0.2) is 24.1 Å². The smallest absolute Gasteiger partial charge is 0.375 e. The van der Waals surface area contributed by atoms with Crippen LogP contribution in [0.2, 0.25) is 0 Å². The van der Waals surface area contributed by atoms with E-state index in [0.29, 0.717) is 12.3 Å². The van der Waals surface area contributed by atoms with Gasteiger partial charge in [-0.2, -0.15) is 0 Å². The molecule has 4 nitrogen and oxygen atoms in total. The largest absolute Gasteiger partial charge is 0.460 e. The lowest BCUT2D eigenvalue weighted by atomic mass is 10.0. The van der Waals surface area contributed by atoms with Gasteiger partial charge in [-0.1, -0.05) is 20.3 Å². The number of esters is 1. The lowest BCUT2D eigenvalue weighted by Gasteiger charge is -2.03. The van der Waals surface area contributed by atoms with Crippen LogP contribution in [0.5, 0.6) is 0 Å². The topological polar surface area (TPSA) is 60.4 Å². The number of carbonyl (C=O) groups is 3. The van der Waals surface area contributed by atoms with E-state index in [2.05, 4.69) is 18.6 Å². The summed E-state index contributed by atoms with van der Waals surface area (Å²) < 4.78 is 4.51. The van der Waals surface area contributed by atoms with E-state index in [4.69, 9.17) is 0 Å². The number of ether oxygens (including phenoxy) is 1. The molecule has 0 aromatic carbocycles. The van der Waals surface area contributed by atoms with Crippen LogP contribution < -0.4 is 0 Å². The Balaban J connectivity index is 3.78. The number of Topliss-reactive ketones (excluding diaryl/α,β-unsaturated/α-hetero) is 2. The minimum absolute atomic E-state index is 0.159. The maximum Gasteiger partial charge on any atom is 0.375 e. The lowest BCUT2D eigenvalue weighted by Crippen LogP contribution is -2.20. The minimum atomic E-state index is -0.903. The van der Waals surface area contributed by atoms with Gasteiger partial charge in [-0.15, -0.1) is 0 Å². The number of rotatable bonds is 8. The van der Waals surface area contributed by atoms with E-state index in [1.807, 2.05) is 0 Å². The van der Waals surface area contributed by atoms with E-state index in [9.17, 15) is 14.4 Å². The summed E-state index contributed by atoms with van der Waals surface area (Å²) in [4.78, 5) is 33.4. The van der Waals surface area contributed by atoms with Crippen LogP contribution in [0.25, 0.3) is 0 Å². The van der Waals surface area contributed by atoms with E-state index in [1.165, 1.54) is 0 Å². The molecule has 0 amide bonds. The Bertz CT molecular complexity index is 256. The van der Waals surface area contributed by atoms with Gasteiger partial charge >= 0.3 is 5.97 Å². The van der Waals surface area contributed by atoms with Gasteiger partial charge in [-0.05, 0) is 19.3 Å². The highest BCUT2D eigenvalue weighted by atomic mass is 16.5. The molecule has 0 aliphatic carbocycles. The fourth-order valence-electron chi connectivity index (χ4n) is 1.26. The summed E-state index contributed by atoms with van der Waals surface area (Å²) in [5.41, 5.74) is 0. The zero-order valence-electron chi connectivity index (χ0n) is 10.2.